The van der Waals surface area contributed by atoms with Gasteiger partial charge in [-0.25, -0.2) is 0 Å². The minimum absolute atomic E-state index is 0.749. The van der Waals surface area contributed by atoms with Crippen LogP contribution in [0.2, 0.25) is 0 Å². The van der Waals surface area contributed by atoms with Crippen LogP contribution in [0.25, 0.3) is 0 Å². The van der Waals surface area contributed by atoms with Crippen molar-refractivity contribution in [2.45, 2.75) is 50.6 Å². The second kappa shape index (κ2) is 5.36. The van der Waals surface area contributed by atoms with Gasteiger partial charge in [0.2, 0.25) is 0 Å². The first kappa shape index (κ1) is 12.6. The van der Waals surface area contributed by atoms with E-state index in [4.69, 9.17) is 0 Å². The van der Waals surface area contributed by atoms with Gasteiger partial charge in [0.15, 0.2) is 0 Å². The fourth-order valence-corrected chi connectivity index (χ4v) is 3.70. The Hall–Kier alpha value is -1.09. The monoisotopic (exact) mass is 271 g/mol. The molecule has 1 aromatic rings. The Bertz CT molecular complexity index is 419. The lowest BCUT2D eigenvalue weighted by Crippen LogP contribution is -2.47. The van der Waals surface area contributed by atoms with Gasteiger partial charge in [0.1, 0.15) is 0 Å². The fourth-order valence-electron chi connectivity index (χ4n) is 3.70. The van der Waals surface area contributed by atoms with Crippen LogP contribution >= 0.6 is 0 Å². The van der Waals surface area contributed by atoms with E-state index in [2.05, 4.69) is 27.3 Å². The molecular weight excluding hydrogens is 246 g/mol. The van der Waals surface area contributed by atoms with Crippen LogP contribution in [-0.4, -0.2) is 30.2 Å². The maximum absolute atomic E-state index is 4.11. The predicted octanol–water partition coefficient (Wildman–Crippen LogP) is 2.83. The largest absolute Gasteiger partial charge is 0.371 e. The summed E-state index contributed by atoms with van der Waals surface area (Å²) in [6, 6.07) is 5.86. The van der Waals surface area contributed by atoms with Gasteiger partial charge in [-0.15, -0.1) is 0 Å². The van der Waals surface area contributed by atoms with Gasteiger partial charge in [0.25, 0.3) is 0 Å². The first-order chi connectivity index (χ1) is 9.90. The molecule has 1 N–H and O–H groups in total. The number of nitrogens with zero attached hydrogens (tertiary/aromatic N) is 2. The lowest BCUT2D eigenvalue weighted by molar-refractivity contribution is 0.322. The Labute approximate surface area is 121 Å². The molecule has 1 aromatic heterocycles. The molecule has 0 bridgehead atoms. The molecule has 3 nitrogen and oxygen atoms in total. The highest BCUT2D eigenvalue weighted by molar-refractivity contribution is 5.44. The first-order valence-corrected chi connectivity index (χ1v) is 8.31. The SMILES string of the molecule is c1cc(N2CCC(NC(C3CC3)C3CC3)CC2)ccn1. The van der Waals surface area contributed by atoms with Gasteiger partial charge >= 0.3 is 0 Å². The Balaban J connectivity index is 1.30. The number of rotatable bonds is 5. The molecule has 3 heteroatoms. The van der Waals surface area contributed by atoms with Gasteiger partial charge < -0.3 is 10.2 Å². The quantitative estimate of drug-likeness (QED) is 0.892. The van der Waals surface area contributed by atoms with E-state index in [0.29, 0.717) is 0 Å². The maximum atomic E-state index is 4.11. The molecule has 3 fully saturated rings. The van der Waals surface area contributed by atoms with Crippen LogP contribution < -0.4 is 10.2 Å². The molecule has 20 heavy (non-hydrogen) atoms. The Kier molecular flexibility index (Phi) is 3.39. The molecule has 4 rings (SSSR count). The highest BCUT2D eigenvalue weighted by Crippen LogP contribution is 2.45. The second-order valence-electron chi connectivity index (χ2n) is 6.83. The zero-order valence-electron chi connectivity index (χ0n) is 12.2. The summed E-state index contributed by atoms with van der Waals surface area (Å²) in [5.41, 5.74) is 1.33. The number of aromatic nitrogens is 1. The van der Waals surface area contributed by atoms with Gasteiger partial charge in [-0.3, -0.25) is 4.98 Å². The third kappa shape index (κ3) is 2.83. The van der Waals surface area contributed by atoms with Crippen molar-refractivity contribution >= 4 is 5.69 Å². The molecule has 1 saturated heterocycles. The average molecular weight is 271 g/mol. The zero-order chi connectivity index (χ0) is 13.4. The molecule has 2 saturated carbocycles. The Morgan fingerprint density at radius 1 is 0.950 bits per heavy atom. The topological polar surface area (TPSA) is 28.2 Å². The number of anilines is 1. The van der Waals surface area contributed by atoms with E-state index in [1.807, 2.05) is 12.4 Å². The lowest BCUT2D eigenvalue weighted by Gasteiger charge is -2.36. The molecule has 0 spiro atoms. The van der Waals surface area contributed by atoms with E-state index >= 15 is 0 Å². The van der Waals surface area contributed by atoms with Crippen molar-refractivity contribution in [3.63, 3.8) is 0 Å². The molecule has 0 aromatic carbocycles. The zero-order valence-corrected chi connectivity index (χ0v) is 12.2. The number of hydrogen-bond acceptors (Lipinski definition) is 3. The number of nitrogens with one attached hydrogen (secondary N) is 1. The third-order valence-corrected chi connectivity index (χ3v) is 5.21. The van der Waals surface area contributed by atoms with E-state index in [-0.39, 0.29) is 0 Å². The molecule has 0 radical (unpaired) electrons. The van der Waals surface area contributed by atoms with Crippen LogP contribution in [0, 0.1) is 11.8 Å². The highest BCUT2D eigenvalue weighted by atomic mass is 15.2. The maximum Gasteiger partial charge on any atom is 0.0397 e. The van der Waals surface area contributed by atoms with Crippen molar-refractivity contribution < 1.29 is 0 Å². The molecular formula is C17H25N3. The fraction of sp³-hybridized carbons (Fsp3) is 0.706. The first-order valence-electron chi connectivity index (χ1n) is 8.31. The van der Waals surface area contributed by atoms with Crippen molar-refractivity contribution in [2.75, 3.05) is 18.0 Å². The summed E-state index contributed by atoms with van der Waals surface area (Å²) in [4.78, 5) is 6.61. The van der Waals surface area contributed by atoms with Crippen LogP contribution in [0.1, 0.15) is 38.5 Å². The standard InChI is InChI=1S/C17H25N3/c1-2-13(1)17(14-3-4-14)19-15-7-11-20(12-8-15)16-5-9-18-10-6-16/h5-6,9-10,13-15,17,19H,1-4,7-8,11-12H2. The van der Waals surface area contributed by atoms with Gasteiger partial charge in [0, 0.05) is 43.3 Å². The summed E-state index contributed by atoms with van der Waals surface area (Å²) in [5.74, 6) is 2.03. The molecule has 2 aliphatic carbocycles. The van der Waals surface area contributed by atoms with Crippen LogP contribution in [0.4, 0.5) is 5.69 Å². The average Bonchev–Trinajstić information content (AvgIpc) is 3.40. The van der Waals surface area contributed by atoms with E-state index in [0.717, 1.165) is 23.9 Å². The van der Waals surface area contributed by atoms with E-state index in [1.165, 1.54) is 57.3 Å². The van der Waals surface area contributed by atoms with Crippen molar-refractivity contribution in [2.24, 2.45) is 11.8 Å². The van der Waals surface area contributed by atoms with Crippen LogP contribution in [0.3, 0.4) is 0 Å². The summed E-state index contributed by atoms with van der Waals surface area (Å²) in [6.07, 6.45) is 12.3. The minimum atomic E-state index is 0.749. The second-order valence-corrected chi connectivity index (χ2v) is 6.83. The van der Waals surface area contributed by atoms with Gasteiger partial charge in [-0.1, -0.05) is 0 Å². The molecule has 108 valence electrons. The summed E-state index contributed by atoms with van der Waals surface area (Å²) >= 11 is 0. The molecule has 2 heterocycles. The van der Waals surface area contributed by atoms with Gasteiger partial charge in [-0.2, -0.15) is 0 Å². The molecule has 0 unspecified atom stereocenters. The normalized spacial score (nSPS) is 24.4. The summed E-state index contributed by atoms with van der Waals surface area (Å²) in [7, 11) is 0. The molecule has 0 atom stereocenters. The Morgan fingerprint density at radius 3 is 2.10 bits per heavy atom. The molecule has 0 amide bonds. The van der Waals surface area contributed by atoms with Crippen LogP contribution in [-0.2, 0) is 0 Å². The molecule has 3 aliphatic rings. The van der Waals surface area contributed by atoms with Crippen molar-refractivity contribution in [3.05, 3.63) is 24.5 Å². The highest BCUT2D eigenvalue weighted by Gasteiger charge is 2.42. The minimum Gasteiger partial charge on any atom is -0.371 e. The van der Waals surface area contributed by atoms with E-state index in [1.54, 1.807) is 0 Å². The van der Waals surface area contributed by atoms with E-state index in [9.17, 15) is 0 Å². The van der Waals surface area contributed by atoms with Crippen molar-refractivity contribution in [3.8, 4) is 0 Å². The summed E-state index contributed by atoms with van der Waals surface area (Å²) in [6.45, 7) is 2.37. The number of hydrogen-bond donors (Lipinski definition) is 1. The van der Waals surface area contributed by atoms with Gasteiger partial charge in [-0.05, 0) is 62.5 Å². The van der Waals surface area contributed by atoms with Crippen molar-refractivity contribution in [1.82, 2.24) is 10.3 Å². The number of pyridine rings is 1. The summed E-state index contributed by atoms with van der Waals surface area (Å²) < 4.78 is 0. The van der Waals surface area contributed by atoms with Crippen LogP contribution in [0.5, 0.6) is 0 Å². The van der Waals surface area contributed by atoms with Gasteiger partial charge in [0.05, 0.1) is 0 Å². The number of piperidine rings is 1. The molecule has 1 aliphatic heterocycles. The summed E-state index contributed by atoms with van der Waals surface area (Å²) in [5, 5.41) is 4.01. The smallest absolute Gasteiger partial charge is 0.0397 e. The predicted molar refractivity (Wildman–Crippen MR) is 81.8 cm³/mol. The third-order valence-electron chi connectivity index (χ3n) is 5.21. The lowest BCUT2D eigenvalue weighted by atomic mass is 10.00. The van der Waals surface area contributed by atoms with Crippen LogP contribution in [0.15, 0.2) is 24.5 Å². The van der Waals surface area contributed by atoms with E-state index < -0.39 is 0 Å². The Morgan fingerprint density at radius 2 is 1.55 bits per heavy atom. The van der Waals surface area contributed by atoms with Crippen molar-refractivity contribution in [1.29, 1.82) is 0 Å².